The van der Waals surface area contributed by atoms with E-state index >= 15 is 0 Å². The number of para-hydroxylation sites is 1. The van der Waals surface area contributed by atoms with Crippen LogP contribution in [0.25, 0.3) is 10.2 Å². The molecule has 0 aliphatic carbocycles. The van der Waals surface area contributed by atoms with Gasteiger partial charge in [-0.25, -0.2) is 4.98 Å². The molecule has 3 aromatic carbocycles. The van der Waals surface area contributed by atoms with E-state index in [2.05, 4.69) is 31.2 Å². The maximum absolute atomic E-state index is 13.6. The lowest BCUT2D eigenvalue weighted by molar-refractivity contribution is 0.0983. The Kier molecular flexibility index (Phi) is 6.05. The molecule has 4 nitrogen and oxygen atoms in total. The smallest absolute Gasteiger partial charge is 0.260 e. The van der Waals surface area contributed by atoms with Crippen molar-refractivity contribution < 1.29 is 9.21 Å². The number of thiazole rings is 1. The van der Waals surface area contributed by atoms with Gasteiger partial charge in [-0.05, 0) is 59.9 Å². The average Bonchev–Trinajstić information content (AvgIpc) is 3.53. The van der Waals surface area contributed by atoms with Gasteiger partial charge in [-0.1, -0.05) is 72.9 Å². The van der Waals surface area contributed by atoms with Crippen LogP contribution < -0.4 is 4.90 Å². The molecule has 0 fully saturated rings. The van der Waals surface area contributed by atoms with Crippen LogP contribution in [0.15, 0.2) is 95.6 Å². The Morgan fingerprint density at radius 1 is 0.909 bits per heavy atom. The predicted octanol–water partition coefficient (Wildman–Crippen LogP) is 6.89. The summed E-state index contributed by atoms with van der Waals surface area (Å²) >= 11 is 1.54. The quantitative estimate of drug-likeness (QED) is 0.270. The summed E-state index contributed by atoms with van der Waals surface area (Å²) < 4.78 is 6.64. The number of hydrogen-bond donors (Lipinski definition) is 0. The van der Waals surface area contributed by atoms with Crippen LogP contribution in [0.1, 0.15) is 39.7 Å². The molecule has 0 bridgehead atoms. The lowest BCUT2D eigenvalue weighted by atomic mass is 10.0. The normalized spacial score (nSPS) is 11.1. The number of benzene rings is 3. The second-order valence-electron chi connectivity index (χ2n) is 7.94. The predicted molar refractivity (Wildman–Crippen MR) is 134 cm³/mol. The molecule has 0 unspecified atom stereocenters. The maximum Gasteiger partial charge on any atom is 0.260 e. The summed E-state index contributed by atoms with van der Waals surface area (Å²) in [6.07, 6.45) is 3.36. The molecule has 0 saturated heterocycles. The zero-order valence-corrected chi connectivity index (χ0v) is 19.2. The molecule has 2 aromatic heterocycles. The Morgan fingerprint density at radius 2 is 1.70 bits per heavy atom. The van der Waals surface area contributed by atoms with Gasteiger partial charge in [0.15, 0.2) is 5.13 Å². The topological polar surface area (TPSA) is 46.3 Å². The molecule has 0 spiro atoms. The van der Waals surface area contributed by atoms with E-state index in [0.29, 0.717) is 17.2 Å². The number of fused-ring (bicyclic) bond motifs is 1. The van der Waals surface area contributed by atoms with E-state index in [-0.39, 0.29) is 5.91 Å². The average molecular weight is 453 g/mol. The van der Waals surface area contributed by atoms with Gasteiger partial charge >= 0.3 is 0 Å². The Balaban J connectivity index is 1.46. The number of carbonyl (C=O) groups is 1. The third kappa shape index (κ3) is 4.59. The fourth-order valence-corrected chi connectivity index (χ4v) is 4.94. The number of hydrogen-bond acceptors (Lipinski definition) is 4. The molecule has 0 saturated carbocycles. The Labute approximate surface area is 197 Å². The number of furan rings is 1. The minimum atomic E-state index is -0.0882. The van der Waals surface area contributed by atoms with Crippen molar-refractivity contribution in [1.82, 2.24) is 4.98 Å². The number of aryl methyl sites for hydroxylation is 1. The summed E-state index contributed by atoms with van der Waals surface area (Å²) in [6.45, 7) is 2.45. The van der Waals surface area contributed by atoms with Gasteiger partial charge in [0.2, 0.25) is 0 Å². The first kappa shape index (κ1) is 21.2. The highest BCUT2D eigenvalue weighted by Gasteiger charge is 2.23. The highest BCUT2D eigenvalue weighted by Crippen LogP contribution is 2.33. The molecule has 33 heavy (non-hydrogen) atoms. The molecule has 5 heteroatoms. The van der Waals surface area contributed by atoms with Gasteiger partial charge in [-0.15, -0.1) is 0 Å². The fraction of sp³-hybridized carbons (Fsp3) is 0.143. The number of amides is 1. The third-order valence-corrected chi connectivity index (χ3v) is 6.74. The van der Waals surface area contributed by atoms with E-state index in [9.17, 15) is 4.79 Å². The third-order valence-electron chi connectivity index (χ3n) is 5.69. The molecule has 5 rings (SSSR count). The van der Waals surface area contributed by atoms with Crippen LogP contribution in [0, 0.1) is 0 Å². The molecule has 2 heterocycles. The van der Waals surface area contributed by atoms with Crippen LogP contribution in [-0.4, -0.2) is 10.9 Å². The van der Waals surface area contributed by atoms with Crippen LogP contribution in [-0.2, 0) is 19.4 Å². The molecule has 0 N–H and O–H groups in total. The van der Waals surface area contributed by atoms with Crippen LogP contribution in [0.2, 0.25) is 0 Å². The van der Waals surface area contributed by atoms with Crippen LogP contribution in [0.5, 0.6) is 0 Å². The van der Waals surface area contributed by atoms with E-state index in [1.54, 1.807) is 11.2 Å². The Bertz CT molecular complexity index is 1360. The summed E-state index contributed by atoms with van der Waals surface area (Å²) in [5, 5.41) is 0.681. The minimum absolute atomic E-state index is 0.0882. The molecule has 0 atom stereocenters. The summed E-state index contributed by atoms with van der Waals surface area (Å²) in [6, 6.07) is 28.1. The zero-order valence-electron chi connectivity index (χ0n) is 18.4. The van der Waals surface area contributed by atoms with Gasteiger partial charge in [0.1, 0.15) is 5.76 Å². The first-order valence-electron chi connectivity index (χ1n) is 11.1. The molecule has 5 aromatic rings. The standard InChI is InChI=1S/C28H24N2O2S/c1-2-22-10-6-12-25-26(22)29-28(33-25)30(19-24-11-7-17-32-24)27(31)23-15-13-21(14-16-23)18-20-8-4-3-5-9-20/h3-17H,2,18-19H2,1H3. The SMILES string of the molecule is CCc1cccc2sc(N(Cc3ccco3)C(=O)c3ccc(Cc4ccccc4)cc3)nc12. The van der Waals surface area contributed by atoms with Crippen molar-refractivity contribution in [2.45, 2.75) is 26.3 Å². The first-order valence-corrected chi connectivity index (χ1v) is 11.9. The van der Waals surface area contributed by atoms with E-state index in [1.165, 1.54) is 28.0 Å². The first-order chi connectivity index (χ1) is 16.2. The van der Waals surface area contributed by atoms with Crippen molar-refractivity contribution in [3.05, 3.63) is 119 Å². The van der Waals surface area contributed by atoms with Gasteiger partial charge < -0.3 is 4.42 Å². The lowest BCUT2D eigenvalue weighted by Crippen LogP contribution is -2.30. The highest BCUT2D eigenvalue weighted by atomic mass is 32.1. The van der Waals surface area contributed by atoms with Crippen LogP contribution in [0.4, 0.5) is 5.13 Å². The van der Waals surface area contributed by atoms with Crippen LogP contribution >= 0.6 is 11.3 Å². The monoisotopic (exact) mass is 452 g/mol. The fourth-order valence-electron chi connectivity index (χ4n) is 3.93. The molecule has 1 amide bonds. The Morgan fingerprint density at radius 3 is 2.42 bits per heavy atom. The molecule has 164 valence electrons. The van der Waals surface area contributed by atoms with Gasteiger partial charge in [0.05, 0.1) is 23.0 Å². The second kappa shape index (κ2) is 9.43. The highest BCUT2D eigenvalue weighted by molar-refractivity contribution is 7.22. The van der Waals surface area contributed by atoms with E-state index < -0.39 is 0 Å². The van der Waals surface area contributed by atoms with Crippen molar-refractivity contribution in [1.29, 1.82) is 0 Å². The number of nitrogens with zero attached hydrogens (tertiary/aromatic N) is 2. The summed E-state index contributed by atoms with van der Waals surface area (Å²) in [4.78, 5) is 20.2. The number of carbonyl (C=O) groups excluding carboxylic acids is 1. The van der Waals surface area contributed by atoms with Crippen molar-refractivity contribution in [3.63, 3.8) is 0 Å². The lowest BCUT2D eigenvalue weighted by Gasteiger charge is -2.19. The van der Waals surface area contributed by atoms with E-state index in [4.69, 9.17) is 9.40 Å². The van der Waals surface area contributed by atoms with E-state index in [1.807, 2.05) is 60.7 Å². The molecule has 0 aliphatic heterocycles. The zero-order chi connectivity index (χ0) is 22.6. The molecule has 0 aliphatic rings. The van der Waals surface area contributed by atoms with Gasteiger partial charge in [0, 0.05) is 5.56 Å². The van der Waals surface area contributed by atoms with Crippen molar-refractivity contribution in [2.75, 3.05) is 4.90 Å². The Hall–Kier alpha value is -3.70. The maximum atomic E-state index is 13.6. The molecule has 0 radical (unpaired) electrons. The molecular formula is C28H24N2O2S. The molecular weight excluding hydrogens is 428 g/mol. The van der Waals surface area contributed by atoms with Gasteiger partial charge in [-0.3, -0.25) is 9.69 Å². The van der Waals surface area contributed by atoms with Gasteiger partial charge in [0.25, 0.3) is 5.91 Å². The number of anilines is 1. The minimum Gasteiger partial charge on any atom is -0.467 e. The van der Waals surface area contributed by atoms with Crippen molar-refractivity contribution in [2.24, 2.45) is 0 Å². The number of rotatable bonds is 7. The van der Waals surface area contributed by atoms with Crippen molar-refractivity contribution >= 4 is 32.6 Å². The summed E-state index contributed by atoms with van der Waals surface area (Å²) in [5.74, 6) is 0.633. The number of aromatic nitrogens is 1. The van der Waals surface area contributed by atoms with Crippen molar-refractivity contribution in [3.8, 4) is 0 Å². The summed E-state index contributed by atoms with van der Waals surface area (Å²) in [7, 11) is 0. The largest absolute Gasteiger partial charge is 0.467 e. The van der Waals surface area contributed by atoms with Crippen LogP contribution in [0.3, 0.4) is 0 Å². The second-order valence-corrected chi connectivity index (χ2v) is 8.95. The summed E-state index contributed by atoms with van der Waals surface area (Å²) in [5.41, 5.74) is 5.20. The van der Waals surface area contributed by atoms with E-state index in [0.717, 1.165) is 28.8 Å². The van der Waals surface area contributed by atoms with Gasteiger partial charge in [-0.2, -0.15) is 0 Å².